The van der Waals surface area contributed by atoms with Gasteiger partial charge in [-0.05, 0) is 68.7 Å². The second-order valence-electron chi connectivity index (χ2n) is 9.29. The lowest BCUT2D eigenvalue weighted by Crippen LogP contribution is -2.75. The van der Waals surface area contributed by atoms with E-state index in [1.165, 1.54) is 0 Å². The summed E-state index contributed by atoms with van der Waals surface area (Å²) in [6.45, 7) is 2.04. The topological polar surface area (TPSA) is 88.4 Å². The predicted molar refractivity (Wildman–Crippen MR) is 106 cm³/mol. The Bertz CT molecular complexity index is 835. The summed E-state index contributed by atoms with van der Waals surface area (Å²) in [5.74, 6) is 0.621. The number of carbonyl (C=O) groups excluding carboxylic acids is 2. The van der Waals surface area contributed by atoms with E-state index in [0.29, 0.717) is 30.0 Å². The predicted octanol–water partition coefficient (Wildman–Crippen LogP) is 3.43. The van der Waals surface area contributed by atoms with E-state index in [4.69, 9.17) is 26.3 Å². The largest absolute Gasteiger partial charge is 0.484 e. The lowest BCUT2D eigenvalue weighted by Gasteiger charge is -2.70. The van der Waals surface area contributed by atoms with E-state index in [-0.39, 0.29) is 47.4 Å². The van der Waals surface area contributed by atoms with Crippen molar-refractivity contribution in [3.8, 4) is 11.8 Å². The Morgan fingerprint density at radius 1 is 1.21 bits per heavy atom. The van der Waals surface area contributed by atoms with Crippen LogP contribution in [-0.4, -0.2) is 36.0 Å². The molecular formula is C22H25ClN2O4. The zero-order valence-corrected chi connectivity index (χ0v) is 17.3. The molecule has 4 aliphatic rings. The number of hydrogen-bond donors (Lipinski definition) is 1. The van der Waals surface area contributed by atoms with Gasteiger partial charge in [-0.1, -0.05) is 11.6 Å². The number of benzene rings is 1. The maximum absolute atomic E-state index is 12.3. The Kier molecular flexibility index (Phi) is 5.08. The monoisotopic (exact) mass is 416 g/mol. The zero-order chi connectivity index (χ0) is 20.7. The average molecular weight is 417 g/mol. The minimum absolute atomic E-state index is 0.0282. The van der Waals surface area contributed by atoms with E-state index in [1.54, 1.807) is 24.3 Å². The Balaban J connectivity index is 1.14. The Morgan fingerprint density at radius 2 is 1.86 bits per heavy atom. The molecule has 4 fully saturated rings. The number of hydrogen-bond acceptors (Lipinski definition) is 5. The van der Waals surface area contributed by atoms with Crippen LogP contribution < -0.4 is 10.1 Å². The summed E-state index contributed by atoms with van der Waals surface area (Å²) in [6, 6.07) is 9.12. The van der Waals surface area contributed by atoms with Gasteiger partial charge in [0.1, 0.15) is 12.4 Å². The lowest BCUT2D eigenvalue weighted by atomic mass is 9.38. The molecular weight excluding hydrogens is 392 g/mol. The first kappa shape index (κ1) is 20.2. The highest BCUT2D eigenvalue weighted by molar-refractivity contribution is 6.30. The number of carbonyl (C=O) groups is 2. The van der Waals surface area contributed by atoms with Crippen molar-refractivity contribution < 1.29 is 19.1 Å². The number of nitrogens with one attached hydrogen (secondary N) is 1. The summed E-state index contributed by atoms with van der Waals surface area (Å²) in [6.07, 6.45) is 4.43. The third-order valence-corrected chi connectivity index (χ3v) is 6.67. The standard InChI is InChI=1S/C22H25ClN2O4/c1-20(6-15(7-20)9-24)29-10-17(26)8-21-12-22(13-21,14-21)25-19(27)11-28-18-4-2-16(23)3-5-18/h2-5,15H,6-8,10-14H2,1H3,(H,25,27). The molecule has 0 aromatic heterocycles. The fourth-order valence-corrected chi connectivity index (χ4v) is 5.37. The van der Waals surface area contributed by atoms with Crippen molar-refractivity contribution in [2.75, 3.05) is 13.2 Å². The molecule has 29 heavy (non-hydrogen) atoms. The molecule has 1 amide bonds. The molecule has 1 N–H and O–H groups in total. The summed E-state index contributed by atoms with van der Waals surface area (Å²) in [5.41, 5.74) is -0.462. The van der Waals surface area contributed by atoms with Crippen molar-refractivity contribution in [2.45, 2.75) is 56.6 Å². The molecule has 2 bridgehead atoms. The molecule has 1 aromatic carbocycles. The Hall–Kier alpha value is -2.10. The smallest absolute Gasteiger partial charge is 0.258 e. The molecule has 0 saturated heterocycles. The normalized spacial score (nSPS) is 34.0. The second kappa shape index (κ2) is 7.30. The van der Waals surface area contributed by atoms with Gasteiger partial charge in [-0.2, -0.15) is 5.26 Å². The van der Waals surface area contributed by atoms with E-state index in [2.05, 4.69) is 11.4 Å². The van der Waals surface area contributed by atoms with Crippen LogP contribution in [0.4, 0.5) is 0 Å². The van der Waals surface area contributed by atoms with Crippen LogP contribution in [0.3, 0.4) is 0 Å². The highest BCUT2D eigenvalue weighted by Gasteiger charge is 2.68. The molecule has 0 spiro atoms. The molecule has 1 aromatic rings. The van der Waals surface area contributed by atoms with E-state index in [9.17, 15) is 9.59 Å². The number of rotatable bonds is 9. The molecule has 154 valence electrons. The van der Waals surface area contributed by atoms with Gasteiger partial charge < -0.3 is 14.8 Å². The van der Waals surface area contributed by atoms with E-state index < -0.39 is 0 Å². The number of nitriles is 1. The first-order valence-electron chi connectivity index (χ1n) is 9.98. The minimum atomic E-state index is -0.325. The Labute approximate surface area is 175 Å². The molecule has 0 aliphatic heterocycles. The van der Waals surface area contributed by atoms with Crippen molar-refractivity contribution in [1.82, 2.24) is 5.32 Å². The van der Waals surface area contributed by atoms with Crippen LogP contribution in [0.15, 0.2) is 24.3 Å². The van der Waals surface area contributed by atoms with Crippen LogP contribution in [0.5, 0.6) is 5.75 Å². The molecule has 7 heteroatoms. The number of nitrogens with zero attached hydrogens (tertiary/aromatic N) is 1. The number of halogens is 1. The zero-order valence-electron chi connectivity index (χ0n) is 16.5. The maximum atomic E-state index is 12.3. The molecule has 0 radical (unpaired) electrons. The minimum Gasteiger partial charge on any atom is -0.484 e. The SMILES string of the molecule is CC1(OCC(=O)CC23CC(NC(=O)COc4ccc(Cl)cc4)(C2)C3)CC(C#N)C1. The summed E-state index contributed by atoms with van der Waals surface area (Å²) in [4.78, 5) is 24.5. The molecule has 5 rings (SSSR count). The van der Waals surface area contributed by atoms with E-state index in [1.807, 2.05) is 6.92 Å². The summed E-state index contributed by atoms with van der Waals surface area (Å²) < 4.78 is 11.2. The van der Waals surface area contributed by atoms with Crippen molar-refractivity contribution in [3.63, 3.8) is 0 Å². The number of Topliss-reactive ketones (excluding diaryl/α,β-unsaturated/α-hetero) is 1. The van der Waals surface area contributed by atoms with Gasteiger partial charge in [0.25, 0.3) is 5.91 Å². The third-order valence-electron chi connectivity index (χ3n) is 6.42. The van der Waals surface area contributed by atoms with Gasteiger partial charge in [0.15, 0.2) is 12.4 Å². The third kappa shape index (κ3) is 4.26. The average Bonchev–Trinajstić information content (AvgIpc) is 2.61. The van der Waals surface area contributed by atoms with Crippen LogP contribution in [0.2, 0.25) is 5.02 Å². The lowest BCUT2D eigenvalue weighted by molar-refractivity contribution is -0.178. The van der Waals surface area contributed by atoms with Crippen molar-refractivity contribution in [1.29, 1.82) is 5.26 Å². The van der Waals surface area contributed by atoms with Gasteiger partial charge in [0, 0.05) is 17.0 Å². The van der Waals surface area contributed by atoms with E-state index >= 15 is 0 Å². The summed E-state index contributed by atoms with van der Waals surface area (Å²) >= 11 is 5.83. The van der Waals surface area contributed by atoms with Crippen molar-refractivity contribution in [2.24, 2.45) is 11.3 Å². The molecule has 0 heterocycles. The van der Waals surface area contributed by atoms with Crippen LogP contribution in [0.1, 0.15) is 45.4 Å². The van der Waals surface area contributed by atoms with Gasteiger partial charge in [0.2, 0.25) is 0 Å². The number of ketones is 1. The highest BCUT2D eigenvalue weighted by atomic mass is 35.5. The van der Waals surface area contributed by atoms with Crippen molar-refractivity contribution >= 4 is 23.3 Å². The molecule has 0 unspecified atom stereocenters. The number of amides is 1. The van der Waals surface area contributed by atoms with Crippen LogP contribution in [0.25, 0.3) is 0 Å². The molecule has 4 aliphatic carbocycles. The first-order valence-corrected chi connectivity index (χ1v) is 10.4. The fourth-order valence-electron chi connectivity index (χ4n) is 5.25. The van der Waals surface area contributed by atoms with Crippen molar-refractivity contribution in [3.05, 3.63) is 29.3 Å². The Morgan fingerprint density at radius 3 is 2.48 bits per heavy atom. The maximum Gasteiger partial charge on any atom is 0.258 e. The fraction of sp³-hybridized carbons (Fsp3) is 0.591. The van der Waals surface area contributed by atoms with Gasteiger partial charge in [-0.15, -0.1) is 0 Å². The van der Waals surface area contributed by atoms with Crippen LogP contribution >= 0.6 is 11.6 Å². The molecule has 0 atom stereocenters. The first-order chi connectivity index (χ1) is 13.7. The van der Waals surface area contributed by atoms with Gasteiger partial charge >= 0.3 is 0 Å². The number of ether oxygens (including phenoxy) is 2. The molecule has 4 saturated carbocycles. The van der Waals surface area contributed by atoms with E-state index in [0.717, 1.165) is 19.3 Å². The summed E-state index contributed by atoms with van der Waals surface area (Å²) in [7, 11) is 0. The van der Waals surface area contributed by atoms with Crippen LogP contribution in [0, 0.1) is 22.7 Å². The highest BCUT2D eigenvalue weighted by Crippen LogP contribution is 2.69. The molecule has 6 nitrogen and oxygen atoms in total. The van der Waals surface area contributed by atoms with Crippen LogP contribution in [-0.2, 0) is 14.3 Å². The quantitative estimate of drug-likeness (QED) is 0.666. The van der Waals surface area contributed by atoms with Gasteiger partial charge in [-0.3, -0.25) is 9.59 Å². The second-order valence-corrected chi connectivity index (χ2v) is 9.73. The summed E-state index contributed by atoms with van der Waals surface area (Å²) in [5, 5.41) is 12.5. The van der Waals surface area contributed by atoms with Gasteiger partial charge in [0.05, 0.1) is 17.6 Å². The van der Waals surface area contributed by atoms with Gasteiger partial charge in [-0.25, -0.2) is 0 Å².